The molecule has 0 amide bonds. The van der Waals surface area contributed by atoms with Crippen molar-refractivity contribution >= 4 is 8.07 Å². The molecule has 1 N–H and O–H groups in total. The van der Waals surface area contributed by atoms with Crippen molar-refractivity contribution in [1.82, 2.24) is 0 Å². The first kappa shape index (κ1) is 11.2. The smallest absolute Gasteiger partial charge is 0.0785 e. The minimum Gasteiger partial charge on any atom is -0.392 e. The molecule has 2 rings (SSSR count). The molecule has 0 saturated carbocycles. The van der Waals surface area contributed by atoms with E-state index in [9.17, 15) is 5.11 Å². The lowest BCUT2D eigenvalue weighted by Crippen LogP contribution is -2.49. The highest BCUT2D eigenvalue weighted by atomic mass is 28.3. The molecule has 1 unspecified atom stereocenters. The normalized spacial score (nSPS) is 43.9. The molecule has 1 aliphatic heterocycles. The van der Waals surface area contributed by atoms with Crippen LogP contribution in [0.2, 0.25) is 18.6 Å². The molecule has 1 heterocycles. The molecule has 2 heteroatoms. The van der Waals surface area contributed by atoms with E-state index in [0.717, 1.165) is 6.42 Å². The molecule has 1 fully saturated rings. The summed E-state index contributed by atoms with van der Waals surface area (Å²) in [6, 6.07) is 0. The zero-order chi connectivity index (χ0) is 11.2. The summed E-state index contributed by atoms with van der Waals surface area (Å²) in [5, 5.41) is 11.5. The number of fused-ring (bicyclic) bond motifs is 1. The van der Waals surface area contributed by atoms with E-state index in [1.165, 1.54) is 11.6 Å². The van der Waals surface area contributed by atoms with Gasteiger partial charge in [0.2, 0.25) is 0 Å². The maximum atomic E-state index is 10.1. The fourth-order valence-corrected chi connectivity index (χ4v) is 6.69. The quantitative estimate of drug-likeness (QED) is 0.493. The highest BCUT2D eigenvalue weighted by Crippen LogP contribution is 2.49. The molecule has 0 bridgehead atoms. The van der Waals surface area contributed by atoms with Gasteiger partial charge in [0.15, 0.2) is 0 Å². The van der Waals surface area contributed by atoms with Crippen LogP contribution in [0.5, 0.6) is 0 Å². The lowest BCUT2D eigenvalue weighted by Gasteiger charge is -2.48. The van der Waals surface area contributed by atoms with Crippen molar-refractivity contribution in [3.8, 4) is 0 Å². The second-order valence-electron chi connectivity index (χ2n) is 5.88. The van der Waals surface area contributed by atoms with E-state index in [4.69, 9.17) is 0 Å². The molecule has 1 saturated heterocycles. The number of aliphatic hydroxyl groups excluding tert-OH is 1. The zero-order valence-corrected chi connectivity index (χ0v) is 11.0. The van der Waals surface area contributed by atoms with Crippen molar-refractivity contribution < 1.29 is 5.11 Å². The van der Waals surface area contributed by atoms with Gasteiger partial charge in [-0.25, -0.2) is 0 Å². The Morgan fingerprint density at radius 2 is 2.07 bits per heavy atom. The van der Waals surface area contributed by atoms with Gasteiger partial charge in [-0.1, -0.05) is 37.4 Å². The Kier molecular flexibility index (Phi) is 2.68. The molecule has 15 heavy (non-hydrogen) atoms. The van der Waals surface area contributed by atoms with Gasteiger partial charge in [0.05, 0.1) is 14.2 Å². The Bertz CT molecular complexity index is 306. The van der Waals surface area contributed by atoms with Crippen LogP contribution in [0.3, 0.4) is 0 Å². The van der Waals surface area contributed by atoms with Crippen LogP contribution < -0.4 is 0 Å². The van der Waals surface area contributed by atoms with Crippen LogP contribution in [0.25, 0.3) is 0 Å². The summed E-state index contributed by atoms with van der Waals surface area (Å²) in [6.07, 6.45) is 6.45. The van der Waals surface area contributed by atoms with E-state index >= 15 is 0 Å². The second-order valence-corrected chi connectivity index (χ2v) is 10.8. The van der Waals surface area contributed by atoms with Gasteiger partial charge in [-0.05, 0) is 24.3 Å². The largest absolute Gasteiger partial charge is 0.392 e. The van der Waals surface area contributed by atoms with Gasteiger partial charge >= 0.3 is 0 Å². The third-order valence-corrected chi connectivity index (χ3v) is 8.99. The number of rotatable bonds is 0. The van der Waals surface area contributed by atoms with E-state index in [1.807, 2.05) is 0 Å². The van der Waals surface area contributed by atoms with Gasteiger partial charge in [-0.15, -0.1) is 6.58 Å². The first-order valence-electron chi connectivity index (χ1n) is 5.97. The molecule has 0 radical (unpaired) electrons. The van der Waals surface area contributed by atoms with Crippen LogP contribution >= 0.6 is 0 Å². The number of allylic oxidation sites excluding steroid dienone is 1. The third kappa shape index (κ3) is 1.74. The van der Waals surface area contributed by atoms with Gasteiger partial charge in [0.1, 0.15) is 0 Å². The maximum absolute atomic E-state index is 10.1. The predicted molar refractivity (Wildman–Crippen MR) is 67.4 cm³/mol. The summed E-state index contributed by atoms with van der Waals surface area (Å²) in [5.74, 6) is 1.09. The first-order valence-corrected chi connectivity index (χ1v) is 9.05. The highest BCUT2D eigenvalue weighted by molar-refractivity contribution is 6.85. The molecule has 0 spiro atoms. The second kappa shape index (κ2) is 3.60. The molecular formula is C13H22OSi. The molecule has 2 aliphatic rings. The molecule has 1 nitrogen and oxygen atoms in total. The SMILES string of the molecule is C=C1C[C@H](O)[C@@H]2C=CC(C)C[C@@H]2[Si]1(C)C. The third-order valence-electron chi connectivity index (χ3n) is 4.49. The maximum Gasteiger partial charge on any atom is 0.0785 e. The Balaban J connectivity index is 2.33. The summed E-state index contributed by atoms with van der Waals surface area (Å²) >= 11 is 0. The monoisotopic (exact) mass is 222 g/mol. The van der Waals surface area contributed by atoms with E-state index in [0.29, 0.717) is 17.4 Å². The topological polar surface area (TPSA) is 20.2 Å². The Morgan fingerprint density at radius 1 is 1.40 bits per heavy atom. The molecule has 84 valence electrons. The van der Waals surface area contributed by atoms with Crippen LogP contribution in [0.15, 0.2) is 23.9 Å². The van der Waals surface area contributed by atoms with Gasteiger partial charge < -0.3 is 5.11 Å². The average Bonchev–Trinajstić information content (AvgIpc) is 2.15. The van der Waals surface area contributed by atoms with Crippen molar-refractivity contribution in [2.45, 2.75) is 44.5 Å². The van der Waals surface area contributed by atoms with E-state index in [2.05, 4.69) is 38.7 Å². The van der Waals surface area contributed by atoms with E-state index < -0.39 is 8.07 Å². The van der Waals surface area contributed by atoms with Gasteiger partial charge in [0, 0.05) is 5.92 Å². The van der Waals surface area contributed by atoms with Gasteiger partial charge in [0.25, 0.3) is 0 Å². The van der Waals surface area contributed by atoms with Crippen molar-refractivity contribution in [3.05, 3.63) is 23.9 Å². The van der Waals surface area contributed by atoms with Crippen LogP contribution in [-0.2, 0) is 0 Å². The van der Waals surface area contributed by atoms with E-state index in [1.54, 1.807) is 0 Å². The molecule has 0 aromatic rings. The molecule has 0 aromatic carbocycles. The predicted octanol–water partition coefficient (Wildman–Crippen LogP) is 3.14. The lowest BCUT2D eigenvalue weighted by atomic mass is 9.84. The summed E-state index contributed by atoms with van der Waals surface area (Å²) in [4.78, 5) is 0. The Labute approximate surface area is 93.9 Å². The first-order chi connectivity index (χ1) is 6.93. The summed E-state index contributed by atoms with van der Waals surface area (Å²) in [7, 11) is -1.35. The summed E-state index contributed by atoms with van der Waals surface area (Å²) in [6.45, 7) is 11.3. The molecule has 0 aromatic heterocycles. The standard InChI is InChI=1S/C13H22OSi/c1-9-5-6-11-12(14)8-10(2)15(3,4)13(11)7-9/h5-6,9,11-14H,2,7-8H2,1,3-4H3/t9?,11-,12-,13-/m0/s1. The number of aliphatic hydroxyl groups is 1. The molecule has 1 aliphatic carbocycles. The summed E-state index contributed by atoms with van der Waals surface area (Å²) < 4.78 is 0. The summed E-state index contributed by atoms with van der Waals surface area (Å²) in [5.41, 5.74) is 0.703. The van der Waals surface area contributed by atoms with Gasteiger partial charge in [-0.3, -0.25) is 0 Å². The van der Waals surface area contributed by atoms with E-state index in [-0.39, 0.29) is 6.10 Å². The Hall–Kier alpha value is -0.343. The number of hydrogen-bond acceptors (Lipinski definition) is 1. The van der Waals surface area contributed by atoms with Crippen molar-refractivity contribution in [2.24, 2.45) is 11.8 Å². The minimum atomic E-state index is -1.35. The van der Waals surface area contributed by atoms with Crippen LogP contribution in [0, 0.1) is 11.8 Å². The lowest BCUT2D eigenvalue weighted by molar-refractivity contribution is 0.113. The van der Waals surface area contributed by atoms with Crippen LogP contribution in [-0.4, -0.2) is 19.3 Å². The van der Waals surface area contributed by atoms with Crippen molar-refractivity contribution in [2.75, 3.05) is 0 Å². The van der Waals surface area contributed by atoms with Crippen molar-refractivity contribution in [3.63, 3.8) is 0 Å². The van der Waals surface area contributed by atoms with Crippen molar-refractivity contribution in [1.29, 1.82) is 0 Å². The zero-order valence-electron chi connectivity index (χ0n) is 10.0. The Morgan fingerprint density at radius 3 is 2.73 bits per heavy atom. The molecule has 4 atom stereocenters. The fourth-order valence-electron chi connectivity index (χ4n) is 3.17. The highest BCUT2D eigenvalue weighted by Gasteiger charge is 2.47. The minimum absolute atomic E-state index is 0.174. The average molecular weight is 222 g/mol. The number of hydrogen-bond donors (Lipinski definition) is 1. The van der Waals surface area contributed by atoms with Crippen LogP contribution in [0.1, 0.15) is 19.8 Å². The van der Waals surface area contributed by atoms with Crippen LogP contribution in [0.4, 0.5) is 0 Å². The fraction of sp³-hybridized carbons (Fsp3) is 0.692. The van der Waals surface area contributed by atoms with Gasteiger partial charge in [-0.2, -0.15) is 0 Å². The molecular weight excluding hydrogens is 200 g/mol.